The van der Waals surface area contributed by atoms with Gasteiger partial charge in [-0.3, -0.25) is 4.40 Å². The van der Waals surface area contributed by atoms with Gasteiger partial charge in [0, 0.05) is 18.0 Å². The highest BCUT2D eigenvalue weighted by Gasteiger charge is 2.37. The zero-order valence-electron chi connectivity index (χ0n) is 20.7. The normalized spacial score (nSPS) is 12.1. The maximum atomic E-state index is 13.6. The van der Waals surface area contributed by atoms with Crippen LogP contribution < -0.4 is 0 Å². The first-order valence-electron chi connectivity index (χ1n) is 11.8. The molecule has 9 heteroatoms. The molecule has 4 aromatic rings. The number of hydrogen-bond acceptors (Lipinski definition) is 6. The number of hydrogen-bond donors (Lipinski definition) is 0. The van der Waals surface area contributed by atoms with Gasteiger partial charge in [-0.15, -0.1) is 0 Å². The standard InChI is InChI=1S/C26H29FN6OSi/c1-6-35(7-2,8-3)34-26(4,5)23-12-14-33-22(17-30-25(33)32-23)21-11-13-29-24(31-21)20-10-9-19(27)15-18(20)16-28/h9-15,17H,6-8H2,1-5H3. The summed E-state index contributed by atoms with van der Waals surface area (Å²) in [6, 6.07) is 12.9. The van der Waals surface area contributed by atoms with Gasteiger partial charge in [-0.05, 0) is 62.3 Å². The number of benzene rings is 1. The van der Waals surface area contributed by atoms with Gasteiger partial charge >= 0.3 is 0 Å². The first-order chi connectivity index (χ1) is 16.8. The lowest BCUT2D eigenvalue weighted by Gasteiger charge is -2.37. The second-order valence-electron chi connectivity index (χ2n) is 9.05. The molecule has 4 rings (SSSR count). The van der Waals surface area contributed by atoms with Crippen LogP contribution in [-0.2, 0) is 10.0 Å². The van der Waals surface area contributed by atoms with E-state index in [-0.39, 0.29) is 5.56 Å². The molecule has 0 amide bonds. The highest BCUT2D eigenvalue weighted by atomic mass is 28.4. The topological polar surface area (TPSA) is 89.0 Å². The van der Waals surface area contributed by atoms with E-state index in [1.54, 1.807) is 18.5 Å². The summed E-state index contributed by atoms with van der Waals surface area (Å²) in [5.74, 6) is 0.410. The largest absolute Gasteiger partial charge is 0.406 e. The Hall–Kier alpha value is -3.48. The number of nitrogens with zero attached hydrogens (tertiary/aromatic N) is 6. The number of fused-ring (bicyclic) bond motifs is 1. The molecule has 0 aliphatic heterocycles. The van der Waals surface area contributed by atoms with Crippen molar-refractivity contribution >= 4 is 14.1 Å². The number of rotatable bonds is 8. The molecule has 1 aromatic carbocycles. The molecule has 3 aromatic heterocycles. The summed E-state index contributed by atoms with van der Waals surface area (Å²) in [6.45, 7) is 10.8. The van der Waals surface area contributed by atoms with Gasteiger partial charge in [0.15, 0.2) is 14.1 Å². The fourth-order valence-corrected chi connectivity index (χ4v) is 7.51. The van der Waals surface area contributed by atoms with Crippen LogP contribution in [0.25, 0.3) is 28.6 Å². The van der Waals surface area contributed by atoms with Crippen molar-refractivity contribution < 1.29 is 8.82 Å². The number of aromatic nitrogens is 5. The first-order valence-corrected chi connectivity index (χ1v) is 14.4. The molecule has 3 heterocycles. The van der Waals surface area contributed by atoms with Crippen molar-refractivity contribution in [2.24, 2.45) is 0 Å². The molecule has 35 heavy (non-hydrogen) atoms. The summed E-state index contributed by atoms with van der Waals surface area (Å²) in [5.41, 5.74) is 2.32. The van der Waals surface area contributed by atoms with E-state index >= 15 is 0 Å². The molecular weight excluding hydrogens is 459 g/mol. The van der Waals surface area contributed by atoms with Crippen LogP contribution in [0.3, 0.4) is 0 Å². The van der Waals surface area contributed by atoms with Crippen molar-refractivity contribution in [2.45, 2.75) is 58.4 Å². The number of halogens is 1. The third-order valence-corrected chi connectivity index (χ3v) is 11.5. The average molecular weight is 489 g/mol. The molecule has 0 unspecified atom stereocenters. The molecule has 0 fully saturated rings. The zero-order chi connectivity index (χ0) is 25.2. The van der Waals surface area contributed by atoms with Gasteiger partial charge < -0.3 is 4.43 Å². The molecular formula is C26H29FN6OSi. The van der Waals surface area contributed by atoms with Gasteiger partial charge in [0.25, 0.3) is 0 Å². The van der Waals surface area contributed by atoms with E-state index in [0.29, 0.717) is 22.9 Å². The fraction of sp³-hybridized carbons (Fsp3) is 0.346. The van der Waals surface area contributed by atoms with Crippen LogP contribution in [0.1, 0.15) is 45.9 Å². The molecule has 0 saturated heterocycles. The van der Waals surface area contributed by atoms with E-state index in [4.69, 9.17) is 9.41 Å². The Kier molecular flexibility index (Phi) is 6.79. The summed E-state index contributed by atoms with van der Waals surface area (Å²) in [5, 5.41) is 9.41. The van der Waals surface area contributed by atoms with Crippen molar-refractivity contribution in [1.29, 1.82) is 5.26 Å². The maximum Gasteiger partial charge on any atom is 0.234 e. The Morgan fingerprint density at radius 1 is 1.06 bits per heavy atom. The minimum Gasteiger partial charge on any atom is -0.406 e. The van der Waals surface area contributed by atoms with Crippen molar-refractivity contribution in [3.05, 3.63) is 66.0 Å². The lowest BCUT2D eigenvalue weighted by molar-refractivity contribution is 0.0894. The van der Waals surface area contributed by atoms with Crippen LogP contribution in [0.2, 0.25) is 18.1 Å². The number of nitriles is 1. The highest BCUT2D eigenvalue weighted by molar-refractivity contribution is 6.73. The Morgan fingerprint density at radius 3 is 2.49 bits per heavy atom. The third kappa shape index (κ3) is 4.72. The average Bonchev–Trinajstić information content (AvgIpc) is 3.31. The third-order valence-electron chi connectivity index (χ3n) is 6.66. The van der Waals surface area contributed by atoms with E-state index < -0.39 is 19.7 Å². The minimum atomic E-state index is -1.83. The zero-order valence-corrected chi connectivity index (χ0v) is 21.7. The SMILES string of the molecule is CC[Si](CC)(CC)OC(C)(C)c1ccn2c(-c3ccnc(-c4ccc(F)cc4C#N)n3)cnc2n1. The van der Waals surface area contributed by atoms with Gasteiger partial charge in [0.05, 0.1) is 40.5 Å². The molecule has 0 radical (unpaired) electrons. The minimum absolute atomic E-state index is 0.180. The predicted octanol–water partition coefficient (Wildman–Crippen LogP) is 6.12. The van der Waals surface area contributed by atoms with Gasteiger partial charge in [0.1, 0.15) is 5.82 Å². The Balaban J connectivity index is 1.71. The van der Waals surface area contributed by atoms with E-state index in [9.17, 15) is 9.65 Å². The van der Waals surface area contributed by atoms with E-state index in [2.05, 4.69) is 49.6 Å². The Labute approximate surface area is 205 Å². The maximum absolute atomic E-state index is 13.6. The molecule has 0 aliphatic rings. The molecule has 0 bridgehead atoms. The van der Waals surface area contributed by atoms with Crippen molar-refractivity contribution in [2.75, 3.05) is 0 Å². The lowest BCUT2D eigenvalue weighted by atomic mass is 10.1. The summed E-state index contributed by atoms with van der Waals surface area (Å²) in [4.78, 5) is 18.3. The first kappa shape index (κ1) is 24.6. The van der Waals surface area contributed by atoms with Gasteiger partial charge in [-0.1, -0.05) is 20.8 Å². The summed E-state index contributed by atoms with van der Waals surface area (Å²) in [7, 11) is -1.83. The molecule has 7 nitrogen and oxygen atoms in total. The van der Waals surface area contributed by atoms with E-state index in [1.807, 2.05) is 22.7 Å². The molecule has 0 saturated carbocycles. The van der Waals surface area contributed by atoms with Crippen LogP contribution in [0, 0.1) is 17.1 Å². The lowest BCUT2D eigenvalue weighted by Crippen LogP contribution is -2.43. The summed E-state index contributed by atoms with van der Waals surface area (Å²) in [6.07, 6.45) is 5.26. The van der Waals surface area contributed by atoms with Crippen LogP contribution in [-0.4, -0.2) is 32.7 Å². The molecule has 0 spiro atoms. The highest BCUT2D eigenvalue weighted by Crippen LogP contribution is 2.33. The van der Waals surface area contributed by atoms with Crippen molar-refractivity contribution in [1.82, 2.24) is 24.3 Å². The smallest absolute Gasteiger partial charge is 0.234 e. The van der Waals surface area contributed by atoms with Gasteiger partial charge in [-0.2, -0.15) is 5.26 Å². The van der Waals surface area contributed by atoms with Crippen LogP contribution >= 0.6 is 0 Å². The second kappa shape index (κ2) is 9.64. The van der Waals surface area contributed by atoms with Gasteiger partial charge in [-0.25, -0.2) is 24.3 Å². The van der Waals surface area contributed by atoms with Crippen molar-refractivity contribution in [3.63, 3.8) is 0 Å². The fourth-order valence-electron chi connectivity index (χ4n) is 4.39. The number of imidazole rings is 1. The molecule has 0 atom stereocenters. The van der Waals surface area contributed by atoms with E-state index in [0.717, 1.165) is 29.5 Å². The van der Waals surface area contributed by atoms with E-state index in [1.165, 1.54) is 18.2 Å². The van der Waals surface area contributed by atoms with Crippen molar-refractivity contribution in [3.8, 4) is 28.8 Å². The summed E-state index contributed by atoms with van der Waals surface area (Å²) >= 11 is 0. The molecule has 180 valence electrons. The van der Waals surface area contributed by atoms with Crippen LogP contribution in [0.15, 0.2) is 48.9 Å². The molecule has 0 aliphatic carbocycles. The molecule has 0 N–H and O–H groups in total. The second-order valence-corrected chi connectivity index (χ2v) is 13.7. The van der Waals surface area contributed by atoms with Crippen LogP contribution in [0.4, 0.5) is 4.39 Å². The monoisotopic (exact) mass is 488 g/mol. The van der Waals surface area contributed by atoms with Crippen LogP contribution in [0.5, 0.6) is 0 Å². The Bertz CT molecular complexity index is 1400. The Morgan fingerprint density at radius 2 is 1.80 bits per heavy atom. The predicted molar refractivity (Wildman–Crippen MR) is 135 cm³/mol. The summed E-state index contributed by atoms with van der Waals surface area (Å²) < 4.78 is 22.2. The quantitative estimate of drug-likeness (QED) is 0.278. The van der Waals surface area contributed by atoms with Gasteiger partial charge in [0.2, 0.25) is 5.78 Å².